The van der Waals surface area contributed by atoms with Crippen molar-refractivity contribution in [2.45, 2.75) is 51.0 Å². The fourth-order valence-electron chi connectivity index (χ4n) is 4.63. The SMILES string of the molecule is C=S(=O)(c1ccc(C#N)cc1)N1CC2(C)CC1CC(C)(C)C2. The van der Waals surface area contributed by atoms with E-state index in [-0.39, 0.29) is 5.41 Å². The van der Waals surface area contributed by atoms with Crippen LogP contribution in [-0.2, 0) is 9.71 Å². The van der Waals surface area contributed by atoms with Gasteiger partial charge >= 0.3 is 0 Å². The molecular formula is C18H24N2OS. The van der Waals surface area contributed by atoms with Gasteiger partial charge in [-0.3, -0.25) is 0 Å². The molecule has 3 unspecified atom stereocenters. The quantitative estimate of drug-likeness (QED) is 0.784. The molecule has 22 heavy (non-hydrogen) atoms. The molecule has 1 heterocycles. The Morgan fingerprint density at radius 1 is 1.27 bits per heavy atom. The average Bonchev–Trinajstić information content (AvgIpc) is 2.68. The van der Waals surface area contributed by atoms with Crippen molar-refractivity contribution in [3.05, 3.63) is 29.8 Å². The lowest BCUT2D eigenvalue weighted by Crippen LogP contribution is -2.37. The molecule has 3 nitrogen and oxygen atoms in total. The number of nitriles is 1. The summed E-state index contributed by atoms with van der Waals surface area (Å²) >= 11 is 0. The second-order valence-electron chi connectivity index (χ2n) is 8.07. The van der Waals surface area contributed by atoms with Gasteiger partial charge in [-0.2, -0.15) is 5.26 Å². The van der Waals surface area contributed by atoms with Crippen LogP contribution in [0.3, 0.4) is 0 Å². The number of nitrogens with zero attached hydrogens (tertiary/aromatic N) is 2. The number of hydrogen-bond acceptors (Lipinski definition) is 2. The molecule has 1 aromatic rings. The Hall–Kier alpha value is -1.31. The number of rotatable bonds is 2. The van der Waals surface area contributed by atoms with E-state index < -0.39 is 9.71 Å². The van der Waals surface area contributed by atoms with E-state index in [1.54, 1.807) is 24.3 Å². The summed E-state index contributed by atoms with van der Waals surface area (Å²) in [5.41, 5.74) is 1.12. The number of hydrogen-bond donors (Lipinski definition) is 0. The van der Waals surface area contributed by atoms with Gasteiger partial charge in [0.2, 0.25) is 0 Å². The van der Waals surface area contributed by atoms with Crippen LogP contribution < -0.4 is 0 Å². The Balaban J connectivity index is 1.95. The first-order valence-corrected chi connectivity index (χ1v) is 9.48. The molecule has 1 aromatic carbocycles. The lowest BCUT2D eigenvalue weighted by Gasteiger charge is -2.39. The van der Waals surface area contributed by atoms with Crippen molar-refractivity contribution in [1.29, 1.82) is 5.26 Å². The minimum absolute atomic E-state index is 0.235. The van der Waals surface area contributed by atoms with Crippen LogP contribution in [0.4, 0.5) is 0 Å². The van der Waals surface area contributed by atoms with Crippen LogP contribution in [-0.4, -0.2) is 27.0 Å². The third-order valence-corrected chi connectivity index (χ3v) is 7.29. The fraction of sp³-hybridized carbons (Fsp3) is 0.556. The van der Waals surface area contributed by atoms with Crippen LogP contribution in [0.25, 0.3) is 0 Å². The molecule has 0 amide bonds. The minimum Gasteiger partial charge on any atom is -0.248 e. The molecule has 4 heteroatoms. The molecule has 2 bridgehead atoms. The Kier molecular flexibility index (Phi) is 3.43. The number of fused-ring (bicyclic) bond motifs is 2. The molecule has 118 valence electrons. The zero-order chi connectivity index (χ0) is 16.2. The maximum atomic E-state index is 13.4. The monoisotopic (exact) mass is 316 g/mol. The third kappa shape index (κ3) is 2.57. The van der Waals surface area contributed by atoms with E-state index in [0.29, 0.717) is 17.0 Å². The van der Waals surface area contributed by atoms with E-state index in [9.17, 15) is 4.21 Å². The van der Waals surface area contributed by atoms with Crippen LogP contribution in [0.5, 0.6) is 0 Å². The van der Waals surface area contributed by atoms with Gasteiger partial charge in [-0.05, 0) is 60.2 Å². The molecule has 0 aromatic heterocycles. The highest BCUT2D eigenvalue weighted by Gasteiger charge is 2.51. The molecule has 3 rings (SSSR count). The normalized spacial score (nSPS) is 33.1. The van der Waals surface area contributed by atoms with Crippen molar-refractivity contribution >= 4 is 15.6 Å². The van der Waals surface area contributed by atoms with Crippen LogP contribution in [0.1, 0.15) is 45.6 Å². The van der Waals surface area contributed by atoms with Gasteiger partial charge < -0.3 is 0 Å². The average molecular weight is 316 g/mol. The zero-order valence-electron chi connectivity index (χ0n) is 13.6. The Labute approximate surface area is 134 Å². The summed E-state index contributed by atoms with van der Waals surface area (Å²) in [6.07, 6.45) is 3.36. The van der Waals surface area contributed by atoms with Gasteiger partial charge in [-0.25, -0.2) is 8.51 Å². The summed E-state index contributed by atoms with van der Waals surface area (Å²) in [6, 6.07) is 9.50. The number of benzene rings is 1. The van der Waals surface area contributed by atoms with Gasteiger partial charge in [0.1, 0.15) is 0 Å². The summed E-state index contributed by atoms with van der Waals surface area (Å²) < 4.78 is 15.6. The summed E-state index contributed by atoms with van der Waals surface area (Å²) in [4.78, 5) is 0.737. The summed E-state index contributed by atoms with van der Waals surface area (Å²) in [6.45, 7) is 7.79. The van der Waals surface area contributed by atoms with Crippen LogP contribution in [0.2, 0.25) is 0 Å². The van der Waals surface area contributed by atoms with Gasteiger partial charge in [-0.1, -0.05) is 20.8 Å². The van der Waals surface area contributed by atoms with Crippen molar-refractivity contribution in [2.75, 3.05) is 6.54 Å². The van der Waals surface area contributed by atoms with Crippen molar-refractivity contribution in [2.24, 2.45) is 10.8 Å². The second kappa shape index (κ2) is 4.84. The van der Waals surface area contributed by atoms with Crippen molar-refractivity contribution in [1.82, 2.24) is 4.31 Å². The molecule has 2 aliphatic rings. The minimum atomic E-state index is -2.48. The smallest absolute Gasteiger partial charge is 0.0991 e. The maximum Gasteiger partial charge on any atom is 0.0991 e. The molecule has 1 aliphatic heterocycles. The molecule has 1 saturated carbocycles. The molecule has 3 atom stereocenters. The van der Waals surface area contributed by atoms with Crippen molar-refractivity contribution < 1.29 is 4.21 Å². The predicted molar refractivity (Wildman–Crippen MR) is 90.9 cm³/mol. The van der Waals surface area contributed by atoms with Gasteiger partial charge in [-0.15, -0.1) is 0 Å². The molecule has 0 spiro atoms. The van der Waals surface area contributed by atoms with Crippen molar-refractivity contribution in [3.63, 3.8) is 0 Å². The van der Waals surface area contributed by atoms with E-state index in [4.69, 9.17) is 5.26 Å². The van der Waals surface area contributed by atoms with Crippen LogP contribution in [0.15, 0.2) is 29.2 Å². The van der Waals surface area contributed by atoms with Gasteiger partial charge in [0.15, 0.2) is 0 Å². The first kappa shape index (κ1) is 15.6. The largest absolute Gasteiger partial charge is 0.248 e. The van der Waals surface area contributed by atoms with Gasteiger partial charge in [0.25, 0.3) is 0 Å². The van der Waals surface area contributed by atoms with E-state index >= 15 is 0 Å². The predicted octanol–water partition coefficient (Wildman–Crippen LogP) is 3.45. The third-order valence-electron chi connectivity index (χ3n) is 5.10. The highest BCUT2D eigenvalue weighted by atomic mass is 32.2. The highest BCUT2D eigenvalue weighted by Crippen LogP contribution is 2.53. The Bertz CT molecular complexity index is 727. The van der Waals surface area contributed by atoms with E-state index in [1.165, 1.54) is 6.42 Å². The lowest BCUT2D eigenvalue weighted by molar-refractivity contribution is 0.133. The van der Waals surface area contributed by atoms with Gasteiger partial charge in [0.05, 0.1) is 21.3 Å². The molecule has 2 fully saturated rings. The Morgan fingerprint density at radius 2 is 1.91 bits per heavy atom. The van der Waals surface area contributed by atoms with E-state index in [0.717, 1.165) is 24.3 Å². The molecule has 1 saturated heterocycles. The summed E-state index contributed by atoms with van der Waals surface area (Å²) in [5.74, 6) is 4.09. The zero-order valence-corrected chi connectivity index (χ0v) is 14.4. The maximum absolute atomic E-state index is 13.4. The van der Waals surface area contributed by atoms with Crippen molar-refractivity contribution in [3.8, 4) is 6.07 Å². The highest BCUT2D eigenvalue weighted by molar-refractivity contribution is 7.98. The molecule has 0 N–H and O–H groups in total. The van der Waals surface area contributed by atoms with Crippen LogP contribution >= 0.6 is 0 Å². The molecule has 0 radical (unpaired) electrons. The topological polar surface area (TPSA) is 44.1 Å². The summed E-state index contributed by atoms with van der Waals surface area (Å²) in [7, 11) is -2.48. The first-order valence-electron chi connectivity index (χ1n) is 7.80. The van der Waals surface area contributed by atoms with E-state index in [2.05, 4.69) is 37.0 Å². The standard InChI is InChI=1S/C18H24N2OS/c1-17(2)9-15-10-18(3,12-17)13-20(15)22(4,21)16-7-5-14(11-19)6-8-16/h5-8,15H,4,9-10,12-13H2,1-3H3. The second-order valence-corrected chi connectivity index (χ2v) is 10.3. The summed E-state index contributed by atoms with van der Waals surface area (Å²) in [5, 5.41) is 8.91. The van der Waals surface area contributed by atoms with Gasteiger partial charge in [0, 0.05) is 17.5 Å². The van der Waals surface area contributed by atoms with E-state index in [1.807, 2.05) is 0 Å². The molecule has 1 aliphatic carbocycles. The molecular weight excluding hydrogens is 292 g/mol. The fourth-order valence-corrected chi connectivity index (χ4v) is 6.61. The van der Waals surface area contributed by atoms with Crippen LogP contribution in [0, 0.1) is 22.2 Å². The lowest BCUT2D eigenvalue weighted by atomic mass is 9.65. The first-order chi connectivity index (χ1) is 10.2. The Morgan fingerprint density at radius 3 is 2.50 bits per heavy atom.